The number of hydrogen-bond acceptors (Lipinski definition) is 3. The fraction of sp³-hybridized carbons (Fsp3) is 0.471. The first kappa shape index (κ1) is 16.0. The molecule has 2 aliphatic rings. The molecule has 1 aliphatic carbocycles. The van der Waals surface area contributed by atoms with Gasteiger partial charge < -0.3 is 5.32 Å². The molecule has 1 N–H and O–H groups in total. The van der Waals surface area contributed by atoms with Crippen LogP contribution in [0.2, 0.25) is 5.02 Å². The molecule has 0 aromatic heterocycles. The van der Waals surface area contributed by atoms with Crippen LogP contribution in [0.5, 0.6) is 0 Å². The number of amides is 3. The average molecular weight is 335 g/mol. The third-order valence-electron chi connectivity index (χ3n) is 4.78. The van der Waals surface area contributed by atoms with Crippen LogP contribution in [0.15, 0.2) is 18.2 Å². The monoisotopic (exact) mass is 334 g/mol. The van der Waals surface area contributed by atoms with Gasteiger partial charge in [0.15, 0.2) is 0 Å². The van der Waals surface area contributed by atoms with Gasteiger partial charge in [0.25, 0.3) is 0 Å². The van der Waals surface area contributed by atoms with Crippen LogP contribution in [-0.2, 0) is 14.4 Å². The van der Waals surface area contributed by atoms with Crippen LogP contribution in [0, 0.1) is 18.8 Å². The Balaban J connectivity index is 1.69. The number of anilines is 1. The van der Waals surface area contributed by atoms with E-state index in [1.54, 1.807) is 25.1 Å². The first-order chi connectivity index (χ1) is 11.0. The van der Waals surface area contributed by atoms with Gasteiger partial charge >= 0.3 is 0 Å². The summed E-state index contributed by atoms with van der Waals surface area (Å²) in [5.74, 6) is -1.22. The molecule has 122 valence electrons. The third kappa shape index (κ3) is 2.98. The summed E-state index contributed by atoms with van der Waals surface area (Å²) < 4.78 is 0. The predicted molar refractivity (Wildman–Crippen MR) is 87.0 cm³/mol. The Labute approximate surface area is 140 Å². The summed E-state index contributed by atoms with van der Waals surface area (Å²) >= 11 is 6.03. The van der Waals surface area contributed by atoms with Gasteiger partial charge in [0.1, 0.15) is 6.54 Å². The van der Waals surface area contributed by atoms with Crippen LogP contribution in [0.1, 0.15) is 31.2 Å². The minimum Gasteiger partial charge on any atom is -0.324 e. The van der Waals surface area contributed by atoms with Crippen molar-refractivity contribution in [1.29, 1.82) is 0 Å². The molecule has 23 heavy (non-hydrogen) atoms. The highest BCUT2D eigenvalue weighted by Gasteiger charge is 2.48. The van der Waals surface area contributed by atoms with Crippen LogP contribution in [0.3, 0.4) is 0 Å². The molecule has 6 heteroatoms. The fourth-order valence-electron chi connectivity index (χ4n) is 3.46. The van der Waals surface area contributed by atoms with E-state index in [1.807, 2.05) is 0 Å². The summed E-state index contributed by atoms with van der Waals surface area (Å²) in [4.78, 5) is 38.1. The molecule has 5 nitrogen and oxygen atoms in total. The van der Waals surface area contributed by atoms with E-state index < -0.39 is 0 Å². The number of benzene rings is 1. The Hall–Kier alpha value is -1.88. The van der Waals surface area contributed by atoms with Gasteiger partial charge in [0, 0.05) is 10.7 Å². The summed E-state index contributed by atoms with van der Waals surface area (Å²) in [5, 5.41) is 3.29. The molecule has 1 saturated heterocycles. The summed E-state index contributed by atoms with van der Waals surface area (Å²) in [7, 11) is 0. The van der Waals surface area contributed by atoms with Crippen molar-refractivity contribution in [3.63, 3.8) is 0 Å². The molecule has 0 radical (unpaired) electrons. The van der Waals surface area contributed by atoms with Crippen molar-refractivity contribution in [2.45, 2.75) is 32.6 Å². The molecule has 3 rings (SSSR count). The maximum Gasteiger partial charge on any atom is 0.244 e. The second kappa shape index (κ2) is 6.32. The van der Waals surface area contributed by atoms with Crippen molar-refractivity contribution in [2.24, 2.45) is 11.8 Å². The minimum absolute atomic E-state index is 0.197. The first-order valence-corrected chi connectivity index (χ1v) is 8.27. The normalized spacial score (nSPS) is 23.8. The number of fused-ring (bicyclic) bond motifs is 1. The zero-order chi connectivity index (χ0) is 16.6. The van der Waals surface area contributed by atoms with E-state index in [4.69, 9.17) is 11.6 Å². The number of halogens is 1. The highest BCUT2D eigenvalue weighted by atomic mass is 35.5. The Kier molecular flexibility index (Phi) is 4.39. The smallest absolute Gasteiger partial charge is 0.244 e. The van der Waals surface area contributed by atoms with E-state index in [-0.39, 0.29) is 36.1 Å². The van der Waals surface area contributed by atoms with E-state index in [0.717, 1.165) is 36.1 Å². The maximum absolute atomic E-state index is 12.4. The Morgan fingerprint density at radius 1 is 1.22 bits per heavy atom. The van der Waals surface area contributed by atoms with Crippen molar-refractivity contribution in [2.75, 3.05) is 11.9 Å². The lowest BCUT2D eigenvalue weighted by molar-refractivity contribution is -0.142. The molecular formula is C17H19ClN2O3. The minimum atomic E-state index is -0.379. The molecule has 0 unspecified atom stereocenters. The van der Waals surface area contributed by atoms with E-state index >= 15 is 0 Å². The third-order valence-corrected chi connectivity index (χ3v) is 5.19. The van der Waals surface area contributed by atoms with Gasteiger partial charge in [-0.15, -0.1) is 0 Å². The summed E-state index contributed by atoms with van der Waals surface area (Å²) in [5.41, 5.74) is 1.36. The number of likely N-dealkylation sites (tertiary alicyclic amines) is 1. The Morgan fingerprint density at radius 3 is 2.43 bits per heavy atom. The summed E-state index contributed by atoms with van der Waals surface area (Å²) in [6.45, 7) is 1.58. The van der Waals surface area contributed by atoms with E-state index in [0.29, 0.717) is 10.7 Å². The highest BCUT2D eigenvalue weighted by molar-refractivity contribution is 6.31. The van der Waals surface area contributed by atoms with Crippen molar-refractivity contribution < 1.29 is 14.4 Å². The van der Waals surface area contributed by atoms with Crippen LogP contribution in [-0.4, -0.2) is 29.2 Å². The molecule has 2 fully saturated rings. The van der Waals surface area contributed by atoms with Crippen molar-refractivity contribution >= 4 is 35.0 Å². The lowest BCUT2D eigenvalue weighted by Crippen LogP contribution is -2.38. The standard InChI is InChI=1S/C17H19ClN2O3/c1-10-13(18)7-4-8-14(10)19-15(21)9-20-16(22)11-5-2-3-6-12(11)17(20)23/h4,7-8,11-12H,2-3,5-6,9H2,1H3,(H,19,21)/t11-,12-/m1/s1. The summed E-state index contributed by atoms with van der Waals surface area (Å²) in [6.07, 6.45) is 3.45. The van der Waals surface area contributed by atoms with Gasteiger partial charge in [-0.2, -0.15) is 0 Å². The molecule has 0 spiro atoms. The van der Waals surface area contributed by atoms with Gasteiger partial charge in [-0.3, -0.25) is 19.3 Å². The highest BCUT2D eigenvalue weighted by Crippen LogP contribution is 2.37. The number of rotatable bonds is 3. The molecule has 3 amide bonds. The molecular weight excluding hydrogens is 316 g/mol. The van der Waals surface area contributed by atoms with Gasteiger partial charge in [-0.1, -0.05) is 30.5 Å². The summed E-state index contributed by atoms with van der Waals surface area (Å²) in [6, 6.07) is 5.23. The largest absolute Gasteiger partial charge is 0.324 e. The van der Waals surface area contributed by atoms with Crippen LogP contribution in [0.4, 0.5) is 5.69 Å². The quantitative estimate of drug-likeness (QED) is 0.864. The number of hydrogen-bond donors (Lipinski definition) is 1. The molecule has 2 atom stereocenters. The molecule has 0 bridgehead atoms. The maximum atomic E-state index is 12.4. The zero-order valence-electron chi connectivity index (χ0n) is 13.0. The number of nitrogens with one attached hydrogen (secondary N) is 1. The average Bonchev–Trinajstić information content (AvgIpc) is 2.77. The lowest BCUT2D eigenvalue weighted by Gasteiger charge is -2.19. The number of carbonyl (C=O) groups is 3. The Morgan fingerprint density at radius 2 is 1.83 bits per heavy atom. The van der Waals surface area contributed by atoms with E-state index in [9.17, 15) is 14.4 Å². The van der Waals surface area contributed by atoms with Crippen LogP contribution in [0.25, 0.3) is 0 Å². The molecule has 1 aromatic carbocycles. The number of carbonyl (C=O) groups excluding carboxylic acids is 3. The van der Waals surface area contributed by atoms with Crippen molar-refractivity contribution in [3.05, 3.63) is 28.8 Å². The second-order valence-electron chi connectivity index (χ2n) is 6.22. The predicted octanol–water partition coefficient (Wildman–Crippen LogP) is 2.76. The van der Waals surface area contributed by atoms with E-state index in [1.165, 1.54) is 0 Å². The Bertz CT molecular complexity index is 650. The first-order valence-electron chi connectivity index (χ1n) is 7.89. The van der Waals surface area contributed by atoms with Gasteiger partial charge in [0.05, 0.1) is 11.8 Å². The topological polar surface area (TPSA) is 66.5 Å². The SMILES string of the molecule is Cc1c(Cl)cccc1NC(=O)CN1C(=O)[C@@H]2CCCC[C@H]2C1=O. The fourth-order valence-corrected chi connectivity index (χ4v) is 3.64. The van der Waals surface area contributed by atoms with Gasteiger partial charge in [-0.25, -0.2) is 0 Å². The lowest BCUT2D eigenvalue weighted by atomic mass is 9.81. The second-order valence-corrected chi connectivity index (χ2v) is 6.63. The van der Waals surface area contributed by atoms with Gasteiger partial charge in [0.2, 0.25) is 17.7 Å². The molecule has 1 saturated carbocycles. The van der Waals surface area contributed by atoms with Gasteiger partial charge in [-0.05, 0) is 37.5 Å². The van der Waals surface area contributed by atoms with Crippen LogP contribution >= 0.6 is 11.6 Å². The van der Waals surface area contributed by atoms with Crippen molar-refractivity contribution in [3.8, 4) is 0 Å². The van der Waals surface area contributed by atoms with Crippen LogP contribution < -0.4 is 5.32 Å². The zero-order valence-corrected chi connectivity index (χ0v) is 13.7. The molecule has 1 aromatic rings. The molecule has 1 aliphatic heterocycles. The van der Waals surface area contributed by atoms with Crippen molar-refractivity contribution in [1.82, 2.24) is 4.90 Å². The number of imide groups is 1. The van der Waals surface area contributed by atoms with E-state index in [2.05, 4.69) is 5.32 Å². The molecule has 1 heterocycles. The number of nitrogens with zero attached hydrogens (tertiary/aromatic N) is 1.